The minimum atomic E-state index is -1.30. The van der Waals surface area contributed by atoms with E-state index in [4.69, 9.17) is 10.5 Å². The van der Waals surface area contributed by atoms with Crippen LogP contribution in [0.4, 0.5) is 5.82 Å². The smallest absolute Gasteiger partial charge is 0.167 e. The third kappa shape index (κ3) is 2.13. The molecule has 2 aromatic heterocycles. The van der Waals surface area contributed by atoms with Gasteiger partial charge in [0.05, 0.1) is 6.33 Å². The molecule has 118 valence electrons. The van der Waals surface area contributed by atoms with Gasteiger partial charge in [-0.15, -0.1) is 0 Å². The highest BCUT2D eigenvalue weighted by atomic mass is 16.6. The minimum absolute atomic E-state index is 0.200. The number of hydrogen-bond acceptors (Lipinski definition) is 9. The molecule has 0 aromatic carbocycles. The monoisotopic (exact) mass is 308 g/mol. The van der Waals surface area contributed by atoms with Gasteiger partial charge in [0.15, 0.2) is 17.7 Å². The molecule has 10 nitrogen and oxygen atoms in total. The van der Waals surface area contributed by atoms with Crippen LogP contribution >= 0.6 is 0 Å². The molecule has 0 amide bonds. The SMILES string of the molecule is CNC=C(O)[C@H]1O[C@@H](n2cnc3c(N)ncnc32)[C@H](O)[C@@H]1O. The maximum Gasteiger partial charge on any atom is 0.167 e. The first kappa shape index (κ1) is 14.5. The number of aliphatic hydroxyl groups excluding tert-OH is 3. The van der Waals surface area contributed by atoms with Crippen LogP contribution in [0.2, 0.25) is 0 Å². The van der Waals surface area contributed by atoms with Crippen molar-refractivity contribution in [2.45, 2.75) is 24.5 Å². The number of nitrogen functional groups attached to an aromatic ring is 1. The Hall–Kier alpha value is -2.43. The Kier molecular flexibility index (Phi) is 3.56. The largest absolute Gasteiger partial charge is 0.508 e. The molecule has 0 bridgehead atoms. The molecule has 22 heavy (non-hydrogen) atoms. The Morgan fingerprint density at radius 2 is 2.14 bits per heavy atom. The van der Waals surface area contributed by atoms with E-state index in [9.17, 15) is 15.3 Å². The van der Waals surface area contributed by atoms with Gasteiger partial charge in [0, 0.05) is 13.2 Å². The topological polar surface area (TPSA) is 152 Å². The van der Waals surface area contributed by atoms with E-state index in [1.54, 1.807) is 7.05 Å². The lowest BCUT2D eigenvalue weighted by atomic mass is 10.1. The van der Waals surface area contributed by atoms with Gasteiger partial charge in [0.1, 0.15) is 35.9 Å². The van der Waals surface area contributed by atoms with E-state index < -0.39 is 24.5 Å². The summed E-state index contributed by atoms with van der Waals surface area (Å²) in [5.74, 6) is -0.0265. The highest BCUT2D eigenvalue weighted by molar-refractivity contribution is 5.81. The molecule has 6 N–H and O–H groups in total. The first-order chi connectivity index (χ1) is 10.5. The fourth-order valence-corrected chi connectivity index (χ4v) is 2.42. The van der Waals surface area contributed by atoms with Crippen LogP contribution in [0.5, 0.6) is 0 Å². The highest BCUT2D eigenvalue weighted by Gasteiger charge is 2.46. The Morgan fingerprint density at radius 1 is 1.36 bits per heavy atom. The van der Waals surface area contributed by atoms with Crippen molar-refractivity contribution < 1.29 is 20.1 Å². The first-order valence-electron chi connectivity index (χ1n) is 6.55. The second kappa shape index (κ2) is 5.40. The van der Waals surface area contributed by atoms with Crippen molar-refractivity contribution in [3.63, 3.8) is 0 Å². The van der Waals surface area contributed by atoms with Crippen molar-refractivity contribution in [3.8, 4) is 0 Å². The van der Waals surface area contributed by atoms with Crippen molar-refractivity contribution >= 4 is 17.0 Å². The number of nitrogens with two attached hydrogens (primary N) is 1. The molecule has 0 radical (unpaired) electrons. The summed E-state index contributed by atoms with van der Waals surface area (Å²) in [7, 11) is 1.59. The van der Waals surface area contributed by atoms with Crippen molar-refractivity contribution in [3.05, 3.63) is 24.6 Å². The molecular weight excluding hydrogens is 292 g/mol. The summed E-state index contributed by atoms with van der Waals surface area (Å²) in [6.07, 6.45) is -0.677. The number of nitrogens with zero attached hydrogens (tertiary/aromatic N) is 4. The normalized spacial score (nSPS) is 29.1. The molecule has 1 aliphatic heterocycles. The number of ether oxygens (including phenoxy) is 1. The molecule has 10 heteroatoms. The number of rotatable bonds is 3. The third-order valence-electron chi connectivity index (χ3n) is 3.48. The fourth-order valence-electron chi connectivity index (χ4n) is 2.42. The van der Waals surface area contributed by atoms with Gasteiger partial charge in [-0.1, -0.05) is 0 Å². The van der Waals surface area contributed by atoms with Crippen molar-refractivity contribution in [2.24, 2.45) is 0 Å². The van der Waals surface area contributed by atoms with Crippen LogP contribution in [0, 0.1) is 0 Å². The van der Waals surface area contributed by atoms with Gasteiger partial charge in [0.25, 0.3) is 0 Å². The lowest BCUT2D eigenvalue weighted by molar-refractivity contribution is -0.0342. The zero-order valence-electron chi connectivity index (χ0n) is 11.7. The molecule has 0 spiro atoms. The van der Waals surface area contributed by atoms with Gasteiger partial charge in [-0.05, 0) is 0 Å². The van der Waals surface area contributed by atoms with Crippen LogP contribution < -0.4 is 11.1 Å². The van der Waals surface area contributed by atoms with Crippen LogP contribution in [0.25, 0.3) is 11.2 Å². The van der Waals surface area contributed by atoms with Crippen molar-refractivity contribution in [2.75, 3.05) is 12.8 Å². The molecule has 1 saturated heterocycles. The summed E-state index contributed by atoms with van der Waals surface area (Å²) >= 11 is 0. The number of aromatic nitrogens is 4. The standard InChI is InChI=1S/C12H16N6O4/c1-14-2-5(19)9-7(20)8(21)12(22-9)18-4-17-6-10(13)15-3-16-11(6)18/h2-4,7-9,12,14,19-21H,1H3,(H2,13,15,16)/t7-,8+,9+,12+/m0/s1. The van der Waals surface area contributed by atoms with Crippen LogP contribution in [-0.4, -0.2) is 60.2 Å². The van der Waals surface area contributed by atoms with Gasteiger partial charge < -0.3 is 31.1 Å². The number of fused-ring (bicyclic) bond motifs is 1. The first-order valence-corrected chi connectivity index (χ1v) is 6.55. The van der Waals surface area contributed by atoms with E-state index in [1.807, 2.05) is 0 Å². The molecule has 3 heterocycles. The van der Waals surface area contributed by atoms with E-state index in [-0.39, 0.29) is 11.6 Å². The third-order valence-corrected chi connectivity index (χ3v) is 3.48. The Morgan fingerprint density at radius 3 is 2.86 bits per heavy atom. The summed E-state index contributed by atoms with van der Waals surface area (Å²) < 4.78 is 6.99. The molecule has 2 aromatic rings. The number of imidazole rings is 1. The molecule has 0 unspecified atom stereocenters. The van der Waals surface area contributed by atoms with Crippen LogP contribution in [0.15, 0.2) is 24.6 Å². The molecular formula is C12H16N6O4. The van der Waals surface area contributed by atoms with Gasteiger partial charge in [-0.2, -0.15) is 0 Å². The average Bonchev–Trinajstić information content (AvgIpc) is 3.03. The lowest BCUT2D eigenvalue weighted by Gasteiger charge is -2.16. The summed E-state index contributed by atoms with van der Waals surface area (Å²) in [6, 6.07) is 0. The summed E-state index contributed by atoms with van der Waals surface area (Å²) in [5.41, 5.74) is 6.44. The van der Waals surface area contributed by atoms with Crippen molar-refractivity contribution in [1.29, 1.82) is 0 Å². The van der Waals surface area contributed by atoms with E-state index >= 15 is 0 Å². The number of aliphatic hydroxyl groups is 3. The van der Waals surface area contributed by atoms with E-state index in [0.29, 0.717) is 11.2 Å². The fraction of sp³-hybridized carbons (Fsp3) is 0.417. The predicted molar refractivity (Wildman–Crippen MR) is 75.4 cm³/mol. The molecule has 3 rings (SSSR count). The summed E-state index contributed by atoms with van der Waals surface area (Å²) in [6.45, 7) is 0. The number of nitrogens with one attached hydrogen (secondary N) is 1. The van der Waals surface area contributed by atoms with Crippen molar-refractivity contribution in [1.82, 2.24) is 24.8 Å². The van der Waals surface area contributed by atoms with Gasteiger partial charge >= 0.3 is 0 Å². The highest BCUT2D eigenvalue weighted by Crippen LogP contribution is 2.33. The zero-order chi connectivity index (χ0) is 15.9. The average molecular weight is 308 g/mol. The van der Waals surface area contributed by atoms with Crippen LogP contribution in [0.1, 0.15) is 6.23 Å². The Balaban J connectivity index is 1.98. The number of anilines is 1. The van der Waals surface area contributed by atoms with Gasteiger partial charge in [-0.25, -0.2) is 15.0 Å². The Labute approximate surface area is 124 Å². The maximum absolute atomic E-state index is 10.2. The lowest BCUT2D eigenvalue weighted by Crippen LogP contribution is -2.32. The minimum Gasteiger partial charge on any atom is -0.508 e. The molecule has 0 aliphatic carbocycles. The Bertz CT molecular complexity index is 717. The van der Waals surface area contributed by atoms with Crippen LogP contribution in [-0.2, 0) is 4.74 Å². The zero-order valence-corrected chi connectivity index (χ0v) is 11.7. The summed E-state index contributed by atoms with van der Waals surface area (Å²) in [4.78, 5) is 12.0. The van der Waals surface area contributed by atoms with E-state index in [2.05, 4.69) is 20.3 Å². The maximum atomic E-state index is 10.2. The molecule has 1 aliphatic rings. The second-order valence-corrected chi connectivity index (χ2v) is 4.87. The predicted octanol–water partition coefficient (Wildman–Crippen LogP) is -1.35. The van der Waals surface area contributed by atoms with Gasteiger partial charge in [0.2, 0.25) is 0 Å². The second-order valence-electron chi connectivity index (χ2n) is 4.87. The van der Waals surface area contributed by atoms with Gasteiger partial charge in [-0.3, -0.25) is 4.57 Å². The molecule has 4 atom stereocenters. The van der Waals surface area contributed by atoms with E-state index in [1.165, 1.54) is 23.4 Å². The van der Waals surface area contributed by atoms with E-state index in [0.717, 1.165) is 0 Å². The number of hydrogen-bond donors (Lipinski definition) is 5. The van der Waals surface area contributed by atoms with Crippen LogP contribution in [0.3, 0.4) is 0 Å². The molecule has 1 fully saturated rings. The quantitative estimate of drug-likeness (QED) is 0.433. The summed E-state index contributed by atoms with van der Waals surface area (Å²) in [5, 5.41) is 32.7. The molecule has 0 saturated carbocycles.